The summed E-state index contributed by atoms with van der Waals surface area (Å²) in [5.41, 5.74) is 0.905. The van der Waals surface area contributed by atoms with Crippen LogP contribution >= 0.6 is 0 Å². The number of hydrogen-bond donors (Lipinski definition) is 1. The lowest BCUT2D eigenvalue weighted by Crippen LogP contribution is -2.27. The molecule has 0 amide bonds. The highest BCUT2D eigenvalue weighted by atomic mass is 19.1. The summed E-state index contributed by atoms with van der Waals surface area (Å²) < 4.78 is 32.7. The first-order valence-electron chi connectivity index (χ1n) is 5.83. The second kappa shape index (κ2) is 4.11. The molecular formula is C13H13F2NO. The molecule has 1 fully saturated rings. The second-order valence-corrected chi connectivity index (χ2v) is 4.44. The lowest BCUT2D eigenvalue weighted by atomic mass is 9.89. The second-order valence-electron chi connectivity index (χ2n) is 4.44. The Morgan fingerprint density at radius 2 is 1.94 bits per heavy atom. The number of piperidine rings is 1. The van der Waals surface area contributed by atoms with Crippen molar-refractivity contribution in [3.05, 3.63) is 35.6 Å². The van der Waals surface area contributed by atoms with Gasteiger partial charge in [-0.05, 0) is 37.9 Å². The molecule has 0 radical (unpaired) electrons. The molecule has 1 aromatic carbocycles. The summed E-state index contributed by atoms with van der Waals surface area (Å²) >= 11 is 0. The lowest BCUT2D eigenvalue weighted by Gasteiger charge is -2.23. The van der Waals surface area contributed by atoms with E-state index in [9.17, 15) is 8.78 Å². The van der Waals surface area contributed by atoms with E-state index < -0.39 is 11.6 Å². The zero-order valence-corrected chi connectivity index (χ0v) is 9.30. The highest BCUT2D eigenvalue weighted by Gasteiger charge is 2.24. The molecule has 0 saturated carbocycles. The van der Waals surface area contributed by atoms with E-state index in [1.54, 1.807) is 6.07 Å². The summed E-state index contributed by atoms with van der Waals surface area (Å²) in [6, 6.07) is 2.52. The van der Waals surface area contributed by atoms with Crippen molar-refractivity contribution in [2.45, 2.75) is 18.8 Å². The van der Waals surface area contributed by atoms with Gasteiger partial charge in [-0.2, -0.15) is 0 Å². The minimum atomic E-state index is -0.552. The van der Waals surface area contributed by atoms with E-state index in [-0.39, 0.29) is 5.92 Å². The van der Waals surface area contributed by atoms with Crippen molar-refractivity contribution >= 4 is 11.0 Å². The van der Waals surface area contributed by atoms with Gasteiger partial charge in [0.1, 0.15) is 17.2 Å². The van der Waals surface area contributed by atoms with Crippen molar-refractivity contribution in [1.29, 1.82) is 0 Å². The van der Waals surface area contributed by atoms with E-state index in [0.717, 1.165) is 32.0 Å². The Hall–Kier alpha value is -1.42. The maximum atomic E-state index is 13.9. The average Bonchev–Trinajstić information content (AvgIpc) is 2.79. The third-order valence-corrected chi connectivity index (χ3v) is 3.43. The van der Waals surface area contributed by atoms with Gasteiger partial charge in [0.2, 0.25) is 0 Å². The van der Waals surface area contributed by atoms with Gasteiger partial charge in [-0.1, -0.05) is 0 Å². The highest BCUT2D eigenvalue weighted by Crippen LogP contribution is 2.35. The summed E-state index contributed by atoms with van der Waals surface area (Å²) in [5, 5.41) is 3.61. The van der Waals surface area contributed by atoms with Crippen LogP contribution in [0.5, 0.6) is 0 Å². The molecule has 4 heteroatoms. The van der Waals surface area contributed by atoms with E-state index in [2.05, 4.69) is 5.32 Å². The standard InChI is InChI=1S/C13H13F2NO/c14-10-7-11(15)12(8-1-4-16-5-2-8)13-9(10)3-6-17-13/h3,6-8,16H,1-2,4-5H2. The summed E-state index contributed by atoms with van der Waals surface area (Å²) in [7, 11) is 0. The van der Waals surface area contributed by atoms with Crippen LogP contribution in [0, 0.1) is 11.6 Å². The number of halogens is 2. The zero-order chi connectivity index (χ0) is 11.8. The number of nitrogens with one attached hydrogen (secondary N) is 1. The third kappa shape index (κ3) is 1.72. The van der Waals surface area contributed by atoms with Crippen LogP contribution in [-0.4, -0.2) is 13.1 Å². The SMILES string of the molecule is Fc1cc(F)c2ccoc2c1C1CCNCC1. The van der Waals surface area contributed by atoms with Crippen LogP contribution in [0.15, 0.2) is 22.8 Å². The van der Waals surface area contributed by atoms with E-state index in [1.807, 2.05) is 0 Å². The van der Waals surface area contributed by atoms with Gasteiger partial charge in [-0.3, -0.25) is 0 Å². The van der Waals surface area contributed by atoms with Crippen molar-refractivity contribution in [3.63, 3.8) is 0 Å². The molecule has 2 nitrogen and oxygen atoms in total. The van der Waals surface area contributed by atoms with Crippen LogP contribution in [0.3, 0.4) is 0 Å². The molecule has 0 bridgehead atoms. The quantitative estimate of drug-likeness (QED) is 0.824. The number of furan rings is 1. The minimum absolute atomic E-state index is 0.116. The fourth-order valence-corrected chi connectivity index (χ4v) is 2.57. The predicted octanol–water partition coefficient (Wildman–Crippen LogP) is 3.18. The highest BCUT2D eigenvalue weighted by molar-refractivity contribution is 5.81. The number of rotatable bonds is 1. The van der Waals surface area contributed by atoms with E-state index in [1.165, 1.54) is 6.26 Å². The van der Waals surface area contributed by atoms with Gasteiger partial charge >= 0.3 is 0 Å². The first-order valence-corrected chi connectivity index (χ1v) is 5.83. The molecule has 1 aromatic heterocycles. The molecular weight excluding hydrogens is 224 g/mol. The largest absolute Gasteiger partial charge is 0.464 e. The summed E-state index contributed by atoms with van der Waals surface area (Å²) in [6.45, 7) is 1.73. The molecule has 2 aromatic rings. The van der Waals surface area contributed by atoms with Crippen LogP contribution in [-0.2, 0) is 0 Å². The van der Waals surface area contributed by atoms with Crippen LogP contribution < -0.4 is 5.32 Å². The summed E-state index contributed by atoms with van der Waals surface area (Å²) in [6.07, 6.45) is 3.13. The molecule has 0 atom stereocenters. The topological polar surface area (TPSA) is 25.2 Å². The summed E-state index contributed by atoms with van der Waals surface area (Å²) in [5.74, 6) is -0.925. The summed E-state index contributed by atoms with van der Waals surface area (Å²) in [4.78, 5) is 0. The van der Waals surface area contributed by atoms with Crippen LogP contribution in [0.1, 0.15) is 24.3 Å². The zero-order valence-electron chi connectivity index (χ0n) is 9.30. The molecule has 0 unspecified atom stereocenters. The molecule has 90 valence electrons. The maximum absolute atomic E-state index is 13.9. The van der Waals surface area contributed by atoms with Crippen LogP contribution in [0.2, 0.25) is 0 Å². The Labute approximate surface area is 97.6 Å². The van der Waals surface area contributed by atoms with Gasteiger partial charge in [0.05, 0.1) is 11.6 Å². The monoisotopic (exact) mass is 237 g/mol. The van der Waals surface area contributed by atoms with Gasteiger partial charge in [-0.25, -0.2) is 8.78 Å². The number of hydrogen-bond acceptors (Lipinski definition) is 2. The van der Waals surface area contributed by atoms with Gasteiger partial charge in [0.25, 0.3) is 0 Å². The lowest BCUT2D eigenvalue weighted by molar-refractivity contribution is 0.440. The van der Waals surface area contributed by atoms with Crippen molar-refractivity contribution in [2.24, 2.45) is 0 Å². The van der Waals surface area contributed by atoms with Crippen molar-refractivity contribution in [3.8, 4) is 0 Å². The first kappa shape index (κ1) is 10.7. The molecule has 1 aliphatic heterocycles. The van der Waals surface area contributed by atoms with E-state index in [4.69, 9.17) is 4.42 Å². The molecule has 3 rings (SSSR count). The minimum Gasteiger partial charge on any atom is -0.464 e. The molecule has 0 aliphatic carbocycles. The average molecular weight is 237 g/mol. The van der Waals surface area contributed by atoms with Crippen LogP contribution in [0.4, 0.5) is 8.78 Å². The molecule has 17 heavy (non-hydrogen) atoms. The Bertz CT molecular complexity index is 544. The molecule has 1 N–H and O–H groups in total. The van der Waals surface area contributed by atoms with Gasteiger partial charge in [0.15, 0.2) is 0 Å². The Kier molecular flexibility index (Phi) is 2.59. The van der Waals surface area contributed by atoms with Crippen molar-refractivity contribution in [2.75, 3.05) is 13.1 Å². The fourth-order valence-electron chi connectivity index (χ4n) is 2.57. The number of benzene rings is 1. The van der Waals surface area contributed by atoms with Gasteiger partial charge < -0.3 is 9.73 Å². The Morgan fingerprint density at radius 1 is 1.18 bits per heavy atom. The van der Waals surface area contributed by atoms with Gasteiger partial charge in [-0.15, -0.1) is 0 Å². The molecule has 1 saturated heterocycles. The smallest absolute Gasteiger partial charge is 0.143 e. The van der Waals surface area contributed by atoms with Crippen LogP contribution in [0.25, 0.3) is 11.0 Å². The van der Waals surface area contributed by atoms with Gasteiger partial charge in [0, 0.05) is 11.6 Å². The predicted molar refractivity (Wildman–Crippen MR) is 61.0 cm³/mol. The van der Waals surface area contributed by atoms with Crippen molar-refractivity contribution in [1.82, 2.24) is 5.32 Å². The third-order valence-electron chi connectivity index (χ3n) is 3.43. The maximum Gasteiger partial charge on any atom is 0.143 e. The Morgan fingerprint density at radius 3 is 2.71 bits per heavy atom. The molecule has 1 aliphatic rings. The molecule has 0 spiro atoms. The first-order chi connectivity index (χ1) is 8.27. The molecule has 2 heterocycles. The van der Waals surface area contributed by atoms with Crippen molar-refractivity contribution < 1.29 is 13.2 Å². The Balaban J connectivity index is 2.16. The normalized spacial score (nSPS) is 17.8. The number of fused-ring (bicyclic) bond motifs is 1. The van der Waals surface area contributed by atoms with E-state index in [0.29, 0.717) is 16.5 Å². The van der Waals surface area contributed by atoms with E-state index >= 15 is 0 Å². The fraction of sp³-hybridized carbons (Fsp3) is 0.385.